The van der Waals surface area contributed by atoms with Crippen LogP contribution in [-0.2, 0) is 5.41 Å². The van der Waals surface area contributed by atoms with Crippen LogP contribution in [0.2, 0.25) is 0 Å². The Kier molecular flexibility index (Phi) is 9.43. The van der Waals surface area contributed by atoms with Crippen LogP contribution in [0.1, 0.15) is 45.1 Å². The molecule has 1 unspecified atom stereocenters. The molecule has 0 bridgehead atoms. The normalized spacial score (nSPS) is 15.0. The van der Waals surface area contributed by atoms with Gasteiger partial charge in [-0.25, -0.2) is 9.98 Å². The zero-order valence-corrected chi connectivity index (χ0v) is 37.2. The Hall–Kier alpha value is -8.86. The highest BCUT2D eigenvalue weighted by Crippen LogP contribution is 2.63. The third-order valence-electron chi connectivity index (χ3n) is 13.9. The lowest BCUT2D eigenvalue weighted by Gasteiger charge is -2.45. The van der Waals surface area contributed by atoms with Crippen LogP contribution in [0.15, 0.2) is 265 Å². The average molecular weight is 869 g/mol. The van der Waals surface area contributed by atoms with Gasteiger partial charge in [0, 0.05) is 16.8 Å². The van der Waals surface area contributed by atoms with Gasteiger partial charge in [-0.2, -0.15) is 0 Å². The Morgan fingerprint density at radius 1 is 0.353 bits per heavy atom. The van der Waals surface area contributed by atoms with E-state index in [-0.39, 0.29) is 6.17 Å². The van der Waals surface area contributed by atoms with Gasteiger partial charge in [0.25, 0.3) is 0 Å². The van der Waals surface area contributed by atoms with Gasteiger partial charge < -0.3 is 10.2 Å². The standard InChI is InChI=1S/C64H44N4/c1-4-19-43(20-5-1)44-35-37-46(38-36-44)62-65-61(45-21-6-2-7-22-45)66-63(67-62)49-24-18-23-47(41-49)51-27-10-11-28-52(51)48-39-40-56-54(42-48)53-29-12-13-30-55(53)64(56)57-31-14-16-33-59(57)68(50-25-8-3-9-26-50)60-34-17-15-32-58(60)64/h1-42,63H,(H,65,66,67). The largest absolute Gasteiger partial charge is 0.344 e. The van der Waals surface area contributed by atoms with Crippen molar-refractivity contribution in [3.63, 3.8) is 0 Å². The van der Waals surface area contributed by atoms with Crippen molar-refractivity contribution >= 4 is 28.7 Å². The fourth-order valence-corrected chi connectivity index (χ4v) is 10.9. The van der Waals surface area contributed by atoms with Crippen LogP contribution in [0, 0.1) is 0 Å². The molecule has 0 saturated carbocycles. The molecule has 0 aromatic heterocycles. The van der Waals surface area contributed by atoms with E-state index in [9.17, 15) is 0 Å². The molecule has 1 N–H and O–H groups in total. The molecule has 320 valence electrons. The van der Waals surface area contributed by atoms with Crippen molar-refractivity contribution in [3.05, 3.63) is 294 Å². The second kappa shape index (κ2) is 16.2. The minimum atomic E-state index is -0.505. The Bertz CT molecular complexity index is 3550. The van der Waals surface area contributed by atoms with E-state index >= 15 is 0 Å². The molecule has 4 nitrogen and oxygen atoms in total. The average Bonchev–Trinajstić information content (AvgIpc) is 3.71. The molecule has 0 amide bonds. The quantitative estimate of drug-likeness (QED) is 0.173. The highest BCUT2D eigenvalue weighted by molar-refractivity contribution is 6.13. The van der Waals surface area contributed by atoms with Crippen molar-refractivity contribution in [1.29, 1.82) is 0 Å². The van der Waals surface area contributed by atoms with E-state index < -0.39 is 5.41 Å². The van der Waals surface area contributed by atoms with Crippen LogP contribution in [0.5, 0.6) is 0 Å². The highest BCUT2D eigenvalue weighted by Gasteiger charge is 2.51. The van der Waals surface area contributed by atoms with E-state index in [0.717, 1.165) is 44.9 Å². The van der Waals surface area contributed by atoms with E-state index in [4.69, 9.17) is 9.98 Å². The van der Waals surface area contributed by atoms with Gasteiger partial charge >= 0.3 is 0 Å². The molecule has 0 saturated heterocycles. The minimum absolute atomic E-state index is 0.356. The van der Waals surface area contributed by atoms with Gasteiger partial charge in [0.1, 0.15) is 12.0 Å². The maximum atomic E-state index is 5.29. The van der Waals surface area contributed by atoms with Gasteiger partial charge in [0.2, 0.25) is 0 Å². The molecule has 1 spiro atoms. The van der Waals surface area contributed by atoms with Gasteiger partial charge in [-0.3, -0.25) is 0 Å². The molecule has 1 atom stereocenters. The van der Waals surface area contributed by atoms with Crippen molar-refractivity contribution in [2.75, 3.05) is 4.90 Å². The third kappa shape index (κ3) is 6.37. The molecule has 10 aromatic carbocycles. The first-order valence-electron chi connectivity index (χ1n) is 23.3. The zero-order valence-electron chi connectivity index (χ0n) is 37.2. The number of hydrogen-bond donors (Lipinski definition) is 1. The number of fused-ring (bicyclic) bond motifs is 9. The first-order chi connectivity index (χ1) is 33.7. The molecule has 0 radical (unpaired) electrons. The molecule has 2 aliphatic heterocycles. The molecule has 2 heterocycles. The number of hydrogen-bond acceptors (Lipinski definition) is 4. The summed E-state index contributed by atoms with van der Waals surface area (Å²) in [6, 6.07) is 92.0. The van der Waals surface area contributed by atoms with Gasteiger partial charge in [-0.1, -0.05) is 218 Å². The first-order valence-corrected chi connectivity index (χ1v) is 23.3. The summed E-state index contributed by atoms with van der Waals surface area (Å²) in [7, 11) is 0. The summed E-state index contributed by atoms with van der Waals surface area (Å²) < 4.78 is 0. The van der Waals surface area contributed by atoms with Crippen molar-refractivity contribution in [2.24, 2.45) is 9.98 Å². The number of amidine groups is 2. The van der Waals surface area contributed by atoms with E-state index in [2.05, 4.69) is 253 Å². The van der Waals surface area contributed by atoms with Crippen LogP contribution in [0.4, 0.5) is 17.1 Å². The smallest absolute Gasteiger partial charge is 0.159 e. The number of aliphatic imine (C=N–C) groups is 2. The van der Waals surface area contributed by atoms with E-state index in [0.29, 0.717) is 5.84 Å². The van der Waals surface area contributed by atoms with Crippen LogP contribution in [0.3, 0.4) is 0 Å². The van der Waals surface area contributed by atoms with Gasteiger partial charge in [-0.15, -0.1) is 0 Å². The number of para-hydroxylation sites is 3. The lowest BCUT2D eigenvalue weighted by molar-refractivity contribution is 0.674. The zero-order chi connectivity index (χ0) is 45.0. The first kappa shape index (κ1) is 39.5. The van der Waals surface area contributed by atoms with Crippen LogP contribution in [0.25, 0.3) is 44.5 Å². The number of nitrogens with zero attached hydrogens (tertiary/aromatic N) is 3. The summed E-state index contributed by atoms with van der Waals surface area (Å²) >= 11 is 0. The molecule has 68 heavy (non-hydrogen) atoms. The third-order valence-corrected chi connectivity index (χ3v) is 13.9. The summed E-state index contributed by atoms with van der Waals surface area (Å²) in [6.45, 7) is 0. The van der Waals surface area contributed by atoms with Gasteiger partial charge in [0.05, 0.1) is 16.8 Å². The molecule has 3 aliphatic rings. The van der Waals surface area contributed by atoms with Gasteiger partial charge in [0.15, 0.2) is 5.84 Å². The molecule has 0 fully saturated rings. The van der Waals surface area contributed by atoms with Gasteiger partial charge in [-0.05, 0) is 109 Å². The molecule has 13 rings (SSSR count). The van der Waals surface area contributed by atoms with E-state index in [1.54, 1.807) is 0 Å². The number of nitrogens with one attached hydrogen (secondary N) is 1. The minimum Gasteiger partial charge on any atom is -0.344 e. The summed E-state index contributed by atoms with van der Waals surface area (Å²) in [5, 5.41) is 3.70. The van der Waals surface area contributed by atoms with Crippen LogP contribution in [-0.4, -0.2) is 11.7 Å². The second-order valence-electron chi connectivity index (χ2n) is 17.7. The van der Waals surface area contributed by atoms with Crippen LogP contribution < -0.4 is 10.2 Å². The monoisotopic (exact) mass is 868 g/mol. The van der Waals surface area contributed by atoms with E-state index in [1.165, 1.54) is 61.4 Å². The van der Waals surface area contributed by atoms with Crippen LogP contribution >= 0.6 is 0 Å². The second-order valence-corrected chi connectivity index (χ2v) is 17.7. The predicted octanol–water partition coefficient (Wildman–Crippen LogP) is 15.3. The lowest BCUT2D eigenvalue weighted by Crippen LogP contribution is -2.36. The lowest BCUT2D eigenvalue weighted by atomic mass is 9.64. The van der Waals surface area contributed by atoms with Crippen molar-refractivity contribution in [1.82, 2.24) is 5.32 Å². The topological polar surface area (TPSA) is 40.0 Å². The number of benzene rings is 10. The summed E-state index contributed by atoms with van der Waals surface area (Å²) in [5.74, 6) is 1.50. The summed E-state index contributed by atoms with van der Waals surface area (Å²) in [6.07, 6.45) is -0.356. The Balaban J connectivity index is 0.907. The number of anilines is 3. The van der Waals surface area contributed by atoms with Crippen molar-refractivity contribution < 1.29 is 0 Å². The van der Waals surface area contributed by atoms with E-state index in [1.807, 2.05) is 12.1 Å². The molecular weight excluding hydrogens is 825 g/mol. The maximum Gasteiger partial charge on any atom is 0.159 e. The highest BCUT2D eigenvalue weighted by atomic mass is 15.2. The molecule has 1 aliphatic carbocycles. The van der Waals surface area contributed by atoms with Crippen molar-refractivity contribution in [2.45, 2.75) is 11.6 Å². The summed E-state index contributed by atoms with van der Waals surface area (Å²) in [4.78, 5) is 12.8. The molecule has 10 aromatic rings. The predicted molar refractivity (Wildman–Crippen MR) is 280 cm³/mol. The molecular formula is C64H44N4. The Labute approximate surface area is 396 Å². The maximum absolute atomic E-state index is 5.29. The van der Waals surface area contributed by atoms with Crippen molar-refractivity contribution in [3.8, 4) is 44.5 Å². The Morgan fingerprint density at radius 3 is 1.51 bits per heavy atom. The number of rotatable bonds is 7. The fourth-order valence-electron chi connectivity index (χ4n) is 10.9. The Morgan fingerprint density at radius 2 is 0.838 bits per heavy atom. The summed E-state index contributed by atoms with van der Waals surface area (Å²) in [5.41, 5.74) is 20.8. The fraction of sp³-hybridized carbons (Fsp3) is 0.0312. The molecule has 4 heteroatoms. The SMILES string of the molecule is c1ccc(C2=NC(c3ccc(-c4ccccc4)cc3)=NC(c3cccc(-c4ccccc4-c4ccc5c(c4)-c4ccccc4C54c5ccccc5N(c5ccccc5)c5ccccc54)c3)N2)cc1.